The second-order valence-electron chi connectivity index (χ2n) is 9.06. The van der Waals surface area contributed by atoms with Crippen LogP contribution in [0.4, 0.5) is 0 Å². The fourth-order valence-corrected chi connectivity index (χ4v) is 4.58. The van der Waals surface area contributed by atoms with Crippen LogP contribution in [-0.4, -0.2) is 44.2 Å². The number of piperidine rings is 1. The first kappa shape index (κ1) is 22.9. The molecule has 1 fully saturated rings. The number of amides is 1. The smallest absolute Gasteiger partial charge is 0.254 e. The second-order valence-corrected chi connectivity index (χ2v) is 9.06. The number of benzene rings is 2. The lowest BCUT2D eigenvalue weighted by Gasteiger charge is -2.42. The molecule has 1 aromatic heterocycles. The Bertz CT molecular complexity index is 1140. The van der Waals surface area contributed by atoms with Crippen molar-refractivity contribution in [2.75, 3.05) is 13.1 Å². The van der Waals surface area contributed by atoms with Crippen LogP contribution in [0.25, 0.3) is 11.3 Å². The molecule has 0 unspecified atom stereocenters. The summed E-state index contributed by atoms with van der Waals surface area (Å²) in [6, 6.07) is 20.7. The van der Waals surface area contributed by atoms with Gasteiger partial charge in [0.05, 0.1) is 23.7 Å². The van der Waals surface area contributed by atoms with Gasteiger partial charge in [-0.2, -0.15) is 0 Å². The quantitative estimate of drug-likeness (QED) is 0.622. The number of carbonyl (C=O) groups excluding carboxylic acids is 1. The first-order valence-corrected chi connectivity index (χ1v) is 11.6. The number of hydrogen-bond donors (Lipinski definition) is 1. The maximum atomic E-state index is 12.8. The van der Waals surface area contributed by atoms with Crippen LogP contribution in [0.15, 0.2) is 77.9 Å². The summed E-state index contributed by atoms with van der Waals surface area (Å²) in [4.78, 5) is 31.9. The van der Waals surface area contributed by atoms with Gasteiger partial charge in [-0.15, -0.1) is 0 Å². The average Bonchev–Trinajstić information content (AvgIpc) is 2.85. The zero-order valence-corrected chi connectivity index (χ0v) is 19.2. The third kappa shape index (κ3) is 5.06. The van der Waals surface area contributed by atoms with Crippen molar-refractivity contribution in [2.45, 2.75) is 50.7 Å². The summed E-state index contributed by atoms with van der Waals surface area (Å²) in [5.41, 5.74) is 1.38. The Hall–Kier alpha value is -3.25. The van der Waals surface area contributed by atoms with E-state index in [1.165, 1.54) is 17.0 Å². The van der Waals surface area contributed by atoms with Gasteiger partial charge < -0.3 is 10.0 Å². The molecule has 172 valence electrons. The number of likely N-dealkylation sites (tertiary alicyclic amines) is 1. The van der Waals surface area contributed by atoms with Gasteiger partial charge in [0, 0.05) is 31.1 Å². The Labute approximate surface area is 194 Å². The van der Waals surface area contributed by atoms with Crippen molar-refractivity contribution in [3.8, 4) is 11.3 Å². The van der Waals surface area contributed by atoms with Crippen molar-refractivity contribution in [3.63, 3.8) is 0 Å². The number of hydrogen-bond acceptors (Lipinski definition) is 4. The van der Waals surface area contributed by atoms with Crippen LogP contribution in [0.3, 0.4) is 0 Å². The molecule has 6 nitrogen and oxygen atoms in total. The molecule has 0 radical (unpaired) electrons. The summed E-state index contributed by atoms with van der Waals surface area (Å²) < 4.78 is 1.50. The molecule has 1 amide bonds. The van der Waals surface area contributed by atoms with Gasteiger partial charge in [0.1, 0.15) is 0 Å². The summed E-state index contributed by atoms with van der Waals surface area (Å²) in [6.45, 7) is 4.87. The minimum atomic E-state index is -1.07. The van der Waals surface area contributed by atoms with E-state index in [1.807, 2.05) is 72.5 Å². The standard InChI is InChI=1S/C27H31N3O3/c1-20(22-9-5-3-6-10-22)17-25(31)29-15-13-27(33,14-16-29)21(2)30-19-28-24(18-26(30)32)23-11-7-4-8-12-23/h3-12,18-21,33H,13-17H2,1-2H3/t20-,21+/m1/s1. The second kappa shape index (κ2) is 9.71. The Morgan fingerprint density at radius 2 is 1.64 bits per heavy atom. The van der Waals surface area contributed by atoms with E-state index in [9.17, 15) is 14.7 Å². The third-order valence-corrected chi connectivity index (χ3v) is 6.93. The number of aromatic nitrogens is 2. The highest BCUT2D eigenvalue weighted by Crippen LogP contribution is 2.33. The van der Waals surface area contributed by atoms with E-state index in [-0.39, 0.29) is 17.4 Å². The number of rotatable bonds is 6. The van der Waals surface area contributed by atoms with Crippen LogP contribution in [0.1, 0.15) is 50.6 Å². The summed E-state index contributed by atoms with van der Waals surface area (Å²) in [6.07, 6.45) is 2.81. The van der Waals surface area contributed by atoms with Gasteiger partial charge in [0.2, 0.25) is 5.91 Å². The number of aliphatic hydroxyl groups is 1. The Morgan fingerprint density at radius 1 is 1.03 bits per heavy atom. The Balaban J connectivity index is 1.40. The highest BCUT2D eigenvalue weighted by Gasteiger charge is 2.40. The molecule has 0 bridgehead atoms. The highest BCUT2D eigenvalue weighted by atomic mass is 16.3. The first-order chi connectivity index (χ1) is 15.9. The molecule has 4 rings (SSSR count). The van der Waals surface area contributed by atoms with Gasteiger partial charge in [-0.25, -0.2) is 4.98 Å². The van der Waals surface area contributed by atoms with Crippen molar-refractivity contribution in [2.24, 2.45) is 0 Å². The predicted molar refractivity (Wildman–Crippen MR) is 129 cm³/mol. The molecule has 1 aliphatic heterocycles. The molecule has 2 aromatic carbocycles. The van der Waals surface area contributed by atoms with Crippen molar-refractivity contribution in [1.82, 2.24) is 14.5 Å². The zero-order valence-electron chi connectivity index (χ0n) is 19.2. The summed E-state index contributed by atoms with van der Waals surface area (Å²) in [5, 5.41) is 11.3. The minimum Gasteiger partial charge on any atom is -0.388 e. The van der Waals surface area contributed by atoms with Crippen LogP contribution in [-0.2, 0) is 4.79 Å². The van der Waals surface area contributed by atoms with Crippen molar-refractivity contribution >= 4 is 5.91 Å². The fraction of sp³-hybridized carbons (Fsp3) is 0.370. The van der Waals surface area contributed by atoms with E-state index in [1.54, 1.807) is 0 Å². The Morgan fingerprint density at radius 3 is 2.24 bits per heavy atom. The molecule has 1 saturated heterocycles. The minimum absolute atomic E-state index is 0.104. The lowest BCUT2D eigenvalue weighted by atomic mass is 9.84. The van der Waals surface area contributed by atoms with Crippen LogP contribution in [0.2, 0.25) is 0 Å². The van der Waals surface area contributed by atoms with Gasteiger partial charge in [-0.05, 0) is 31.2 Å². The van der Waals surface area contributed by atoms with E-state index in [2.05, 4.69) is 11.9 Å². The monoisotopic (exact) mass is 445 g/mol. The molecule has 3 aromatic rings. The Kier molecular flexibility index (Phi) is 6.75. The zero-order chi connectivity index (χ0) is 23.4. The van der Waals surface area contributed by atoms with Gasteiger partial charge in [-0.3, -0.25) is 14.2 Å². The first-order valence-electron chi connectivity index (χ1n) is 11.6. The topological polar surface area (TPSA) is 75.4 Å². The maximum absolute atomic E-state index is 12.8. The molecule has 0 spiro atoms. The lowest BCUT2D eigenvalue weighted by molar-refractivity contribution is -0.137. The molecule has 2 heterocycles. The molecule has 1 aliphatic rings. The molecular weight excluding hydrogens is 414 g/mol. The van der Waals surface area contributed by atoms with Crippen molar-refractivity contribution in [3.05, 3.63) is 89.0 Å². The number of nitrogens with zero attached hydrogens (tertiary/aromatic N) is 3. The third-order valence-electron chi connectivity index (χ3n) is 6.93. The largest absolute Gasteiger partial charge is 0.388 e. The molecule has 0 saturated carbocycles. The molecule has 1 N–H and O–H groups in total. The van der Waals surface area contributed by atoms with Gasteiger partial charge in [0.25, 0.3) is 5.56 Å². The molecule has 6 heteroatoms. The summed E-state index contributed by atoms with van der Waals surface area (Å²) in [5.74, 6) is 0.248. The molecular formula is C27H31N3O3. The van der Waals surface area contributed by atoms with Gasteiger partial charge in [-0.1, -0.05) is 67.6 Å². The average molecular weight is 446 g/mol. The van der Waals surface area contributed by atoms with Crippen molar-refractivity contribution < 1.29 is 9.90 Å². The van der Waals surface area contributed by atoms with Crippen LogP contribution >= 0.6 is 0 Å². The van der Waals surface area contributed by atoms with Gasteiger partial charge in [0.15, 0.2) is 0 Å². The van der Waals surface area contributed by atoms with E-state index >= 15 is 0 Å². The van der Waals surface area contributed by atoms with E-state index in [0.29, 0.717) is 38.0 Å². The van der Waals surface area contributed by atoms with E-state index in [0.717, 1.165) is 11.1 Å². The van der Waals surface area contributed by atoms with Crippen LogP contribution in [0, 0.1) is 0 Å². The van der Waals surface area contributed by atoms with Crippen LogP contribution in [0.5, 0.6) is 0 Å². The molecule has 33 heavy (non-hydrogen) atoms. The number of carbonyl (C=O) groups is 1. The van der Waals surface area contributed by atoms with E-state index < -0.39 is 11.6 Å². The molecule has 2 atom stereocenters. The van der Waals surface area contributed by atoms with E-state index in [4.69, 9.17) is 0 Å². The lowest BCUT2D eigenvalue weighted by Crippen LogP contribution is -2.51. The fourth-order valence-electron chi connectivity index (χ4n) is 4.58. The van der Waals surface area contributed by atoms with Gasteiger partial charge >= 0.3 is 0 Å². The van der Waals surface area contributed by atoms with Crippen LogP contribution < -0.4 is 5.56 Å². The predicted octanol–water partition coefficient (Wildman–Crippen LogP) is 4.02. The normalized spacial score (nSPS) is 17.4. The maximum Gasteiger partial charge on any atom is 0.254 e. The SMILES string of the molecule is C[C@H](CC(=O)N1CCC(O)([C@H](C)n2cnc(-c3ccccc3)cc2=O)CC1)c1ccccc1. The van der Waals surface area contributed by atoms with Crippen molar-refractivity contribution in [1.29, 1.82) is 0 Å². The summed E-state index contributed by atoms with van der Waals surface area (Å²) in [7, 11) is 0. The molecule has 0 aliphatic carbocycles. The summed E-state index contributed by atoms with van der Waals surface area (Å²) >= 11 is 0. The highest BCUT2D eigenvalue weighted by molar-refractivity contribution is 5.77.